The maximum absolute atomic E-state index is 13.2. The molecule has 1 aromatic carbocycles. The fourth-order valence-electron chi connectivity index (χ4n) is 1.10. The molecule has 1 fully saturated rings. The summed E-state index contributed by atoms with van der Waals surface area (Å²) in [7, 11) is 0. The van der Waals surface area contributed by atoms with Gasteiger partial charge in [0, 0.05) is 5.56 Å². The zero-order chi connectivity index (χ0) is 8.60. The van der Waals surface area contributed by atoms with Crippen LogP contribution in [-0.4, -0.2) is 12.7 Å². The molecule has 1 aliphatic rings. The maximum atomic E-state index is 13.2. The monoisotopic (exact) mass is 170 g/mol. The second-order valence-corrected chi connectivity index (χ2v) is 2.81. The molecule has 2 rings (SSSR count). The molecule has 0 aromatic heterocycles. The molecule has 3 heteroatoms. The lowest BCUT2D eigenvalue weighted by atomic mass is 10.1. The summed E-state index contributed by atoms with van der Waals surface area (Å²) in [5, 5.41) is 0. The van der Waals surface area contributed by atoms with Crippen LogP contribution in [0.5, 0.6) is 0 Å². The fraction of sp³-hybridized carbons (Fsp3) is 0.333. The minimum atomic E-state index is -2.82. The van der Waals surface area contributed by atoms with Crippen LogP contribution in [0.2, 0.25) is 0 Å². The first kappa shape index (κ1) is 7.68. The molecular formula is C9H8F2O. The Morgan fingerprint density at radius 3 is 2.33 bits per heavy atom. The Kier molecular flexibility index (Phi) is 1.61. The second kappa shape index (κ2) is 2.52. The van der Waals surface area contributed by atoms with Gasteiger partial charge in [0.2, 0.25) is 0 Å². The predicted molar refractivity (Wildman–Crippen MR) is 40.1 cm³/mol. The first-order valence-electron chi connectivity index (χ1n) is 3.76. The molecule has 0 saturated carbocycles. The molecule has 12 heavy (non-hydrogen) atoms. The van der Waals surface area contributed by atoms with E-state index in [-0.39, 0.29) is 12.2 Å². The highest BCUT2D eigenvalue weighted by Gasteiger charge is 2.49. The Morgan fingerprint density at radius 1 is 1.25 bits per heavy atom. The van der Waals surface area contributed by atoms with Crippen molar-refractivity contribution >= 4 is 0 Å². The fourth-order valence-corrected chi connectivity index (χ4v) is 1.10. The van der Waals surface area contributed by atoms with Crippen LogP contribution < -0.4 is 0 Å². The lowest BCUT2D eigenvalue weighted by Gasteiger charge is -2.12. The van der Waals surface area contributed by atoms with Crippen molar-refractivity contribution in [2.75, 3.05) is 6.61 Å². The number of hydrogen-bond donors (Lipinski definition) is 0. The quantitative estimate of drug-likeness (QED) is 0.620. The molecule has 0 amide bonds. The molecular weight excluding hydrogens is 162 g/mol. The third-order valence-electron chi connectivity index (χ3n) is 1.90. The molecule has 0 spiro atoms. The van der Waals surface area contributed by atoms with Crippen LogP contribution >= 0.6 is 0 Å². The van der Waals surface area contributed by atoms with Gasteiger partial charge in [-0.25, -0.2) is 0 Å². The largest absolute Gasteiger partial charge is 0.366 e. The summed E-state index contributed by atoms with van der Waals surface area (Å²) in [6, 6.07) is 7.76. The third-order valence-corrected chi connectivity index (χ3v) is 1.90. The van der Waals surface area contributed by atoms with Gasteiger partial charge >= 0.3 is 5.92 Å². The number of alkyl halides is 2. The van der Waals surface area contributed by atoms with E-state index < -0.39 is 12.0 Å². The van der Waals surface area contributed by atoms with E-state index in [4.69, 9.17) is 0 Å². The van der Waals surface area contributed by atoms with Gasteiger partial charge in [0.15, 0.2) is 0 Å². The third kappa shape index (κ3) is 1.20. The van der Waals surface area contributed by atoms with Crippen LogP contribution in [0.15, 0.2) is 30.3 Å². The van der Waals surface area contributed by atoms with Gasteiger partial charge in [-0.15, -0.1) is 0 Å². The van der Waals surface area contributed by atoms with Crippen molar-refractivity contribution in [2.24, 2.45) is 0 Å². The molecule has 0 aliphatic carbocycles. The summed E-state index contributed by atoms with van der Waals surface area (Å²) in [6.45, 7) is 0.169. The Morgan fingerprint density at radius 2 is 1.83 bits per heavy atom. The number of rotatable bonds is 2. The number of hydrogen-bond acceptors (Lipinski definition) is 1. The number of benzene rings is 1. The van der Waals surface area contributed by atoms with E-state index in [0.717, 1.165) is 0 Å². The highest BCUT2D eigenvalue weighted by molar-refractivity contribution is 5.22. The second-order valence-electron chi connectivity index (χ2n) is 2.81. The SMILES string of the molecule is FC(F)(c1ccccc1)C1CO1. The van der Waals surface area contributed by atoms with Crippen molar-refractivity contribution in [1.29, 1.82) is 0 Å². The van der Waals surface area contributed by atoms with Crippen molar-refractivity contribution in [2.45, 2.75) is 12.0 Å². The predicted octanol–water partition coefficient (Wildman–Crippen LogP) is 2.18. The molecule has 1 aromatic rings. The van der Waals surface area contributed by atoms with Crippen molar-refractivity contribution in [3.63, 3.8) is 0 Å². The molecule has 1 unspecified atom stereocenters. The first-order valence-corrected chi connectivity index (χ1v) is 3.76. The lowest BCUT2D eigenvalue weighted by molar-refractivity contribution is -0.0321. The van der Waals surface area contributed by atoms with E-state index in [2.05, 4.69) is 4.74 Å². The smallest absolute Gasteiger partial charge is 0.301 e. The number of halogens is 2. The van der Waals surface area contributed by atoms with Crippen molar-refractivity contribution in [3.8, 4) is 0 Å². The number of epoxide rings is 1. The van der Waals surface area contributed by atoms with Gasteiger partial charge in [-0.3, -0.25) is 0 Å². The van der Waals surface area contributed by atoms with Crippen LogP contribution in [0.3, 0.4) is 0 Å². The minimum absolute atomic E-state index is 0.0347. The van der Waals surface area contributed by atoms with E-state index in [1.165, 1.54) is 12.1 Å². The molecule has 1 saturated heterocycles. The minimum Gasteiger partial charge on any atom is -0.366 e. The summed E-state index contributed by atoms with van der Waals surface area (Å²) in [5.74, 6) is -2.82. The average Bonchev–Trinajstić information content (AvgIpc) is 2.88. The van der Waals surface area contributed by atoms with Crippen LogP contribution in [0.4, 0.5) is 8.78 Å². The van der Waals surface area contributed by atoms with Crippen molar-refractivity contribution in [3.05, 3.63) is 35.9 Å². The van der Waals surface area contributed by atoms with Gasteiger partial charge in [0.1, 0.15) is 6.10 Å². The van der Waals surface area contributed by atoms with Crippen molar-refractivity contribution < 1.29 is 13.5 Å². The Hall–Kier alpha value is -0.960. The van der Waals surface area contributed by atoms with Crippen molar-refractivity contribution in [1.82, 2.24) is 0 Å². The van der Waals surface area contributed by atoms with E-state index in [1.54, 1.807) is 18.2 Å². The summed E-state index contributed by atoms with van der Waals surface area (Å²) >= 11 is 0. The summed E-state index contributed by atoms with van der Waals surface area (Å²) < 4.78 is 31.0. The molecule has 0 radical (unpaired) electrons. The average molecular weight is 170 g/mol. The standard InChI is InChI=1S/C9H8F2O/c10-9(11,8-6-12-8)7-4-2-1-3-5-7/h1-5,8H,6H2. The van der Waals surface area contributed by atoms with Gasteiger partial charge in [-0.1, -0.05) is 30.3 Å². The Balaban J connectivity index is 2.28. The highest BCUT2D eigenvalue weighted by Crippen LogP contribution is 2.39. The molecule has 1 nitrogen and oxygen atoms in total. The van der Waals surface area contributed by atoms with E-state index in [1.807, 2.05) is 0 Å². The molecule has 64 valence electrons. The topological polar surface area (TPSA) is 12.5 Å². The Labute approximate surface area is 69.0 Å². The van der Waals surface area contributed by atoms with Crippen LogP contribution in [-0.2, 0) is 10.7 Å². The van der Waals surface area contributed by atoms with Crippen LogP contribution in [0.1, 0.15) is 5.56 Å². The van der Waals surface area contributed by atoms with Gasteiger partial charge in [0.05, 0.1) is 6.61 Å². The molecule has 1 atom stereocenters. The molecule has 1 heterocycles. The van der Waals surface area contributed by atoms with Crippen LogP contribution in [0, 0.1) is 0 Å². The van der Waals surface area contributed by atoms with E-state index in [9.17, 15) is 8.78 Å². The molecule has 0 bridgehead atoms. The molecule has 1 aliphatic heterocycles. The van der Waals surface area contributed by atoms with Gasteiger partial charge in [-0.2, -0.15) is 8.78 Å². The maximum Gasteiger partial charge on any atom is 0.301 e. The zero-order valence-corrected chi connectivity index (χ0v) is 6.34. The highest BCUT2D eigenvalue weighted by atomic mass is 19.3. The zero-order valence-electron chi connectivity index (χ0n) is 6.34. The van der Waals surface area contributed by atoms with E-state index in [0.29, 0.717) is 0 Å². The summed E-state index contributed by atoms with van der Waals surface area (Å²) in [5.41, 5.74) is 0.0347. The van der Waals surface area contributed by atoms with Gasteiger partial charge < -0.3 is 4.74 Å². The Bertz CT molecular complexity index is 267. The molecule has 0 N–H and O–H groups in total. The summed E-state index contributed by atoms with van der Waals surface area (Å²) in [6.07, 6.45) is -0.903. The first-order chi connectivity index (χ1) is 5.71. The normalized spacial score (nSPS) is 22.3. The summed E-state index contributed by atoms with van der Waals surface area (Å²) in [4.78, 5) is 0. The van der Waals surface area contributed by atoms with Crippen LogP contribution in [0.25, 0.3) is 0 Å². The van der Waals surface area contributed by atoms with E-state index >= 15 is 0 Å². The van der Waals surface area contributed by atoms with Gasteiger partial charge in [0.25, 0.3) is 0 Å². The number of ether oxygens (including phenoxy) is 1. The lowest BCUT2D eigenvalue weighted by Crippen LogP contribution is -2.20. The van der Waals surface area contributed by atoms with Gasteiger partial charge in [-0.05, 0) is 0 Å².